The van der Waals surface area contributed by atoms with Gasteiger partial charge in [-0.25, -0.2) is 9.97 Å². The molecule has 1 aromatic carbocycles. The van der Waals surface area contributed by atoms with Crippen molar-refractivity contribution >= 4 is 5.91 Å². The molecule has 3 aromatic rings. The van der Waals surface area contributed by atoms with Gasteiger partial charge in [-0.1, -0.05) is 43.3 Å². The van der Waals surface area contributed by atoms with E-state index in [1.165, 1.54) is 12.4 Å². The summed E-state index contributed by atoms with van der Waals surface area (Å²) in [7, 11) is 0. The lowest BCUT2D eigenvalue weighted by Crippen LogP contribution is -2.35. The molecule has 2 heterocycles. The van der Waals surface area contributed by atoms with Gasteiger partial charge < -0.3 is 10.0 Å². The Kier molecular flexibility index (Phi) is 6.22. The van der Waals surface area contributed by atoms with Crippen LogP contribution in [0.2, 0.25) is 0 Å². The zero-order valence-corrected chi connectivity index (χ0v) is 15.2. The summed E-state index contributed by atoms with van der Waals surface area (Å²) < 4.78 is 0. The van der Waals surface area contributed by atoms with Crippen LogP contribution in [0.4, 0.5) is 0 Å². The molecular formula is C21H22N4O2. The number of nitrogens with zero attached hydrogens (tertiary/aromatic N) is 4. The van der Waals surface area contributed by atoms with E-state index in [1.54, 1.807) is 11.1 Å². The highest BCUT2D eigenvalue weighted by Crippen LogP contribution is 2.14. The lowest BCUT2D eigenvalue weighted by Gasteiger charge is -2.25. The van der Waals surface area contributed by atoms with Crippen LogP contribution < -0.4 is 0 Å². The fourth-order valence-electron chi connectivity index (χ4n) is 2.71. The maximum Gasteiger partial charge on any atom is 0.257 e. The minimum Gasteiger partial charge on any atom is -0.396 e. The van der Waals surface area contributed by atoms with E-state index in [0.29, 0.717) is 30.2 Å². The van der Waals surface area contributed by atoms with Gasteiger partial charge in [0.15, 0.2) is 5.82 Å². The van der Waals surface area contributed by atoms with Crippen molar-refractivity contribution in [1.82, 2.24) is 19.9 Å². The van der Waals surface area contributed by atoms with E-state index in [1.807, 2.05) is 55.5 Å². The molecule has 1 N–H and O–H groups in total. The van der Waals surface area contributed by atoms with Gasteiger partial charge in [-0.15, -0.1) is 0 Å². The second-order valence-corrected chi connectivity index (χ2v) is 6.47. The molecular weight excluding hydrogens is 340 g/mol. The van der Waals surface area contributed by atoms with Gasteiger partial charge in [-0.05, 0) is 23.6 Å². The van der Waals surface area contributed by atoms with E-state index < -0.39 is 0 Å². The van der Waals surface area contributed by atoms with Crippen LogP contribution in [0.3, 0.4) is 0 Å². The fraction of sp³-hybridized carbons (Fsp3) is 0.238. The van der Waals surface area contributed by atoms with Crippen LogP contribution in [0.5, 0.6) is 0 Å². The lowest BCUT2D eigenvalue weighted by atomic mass is 10.1. The van der Waals surface area contributed by atoms with Crippen molar-refractivity contribution in [3.8, 4) is 11.5 Å². The molecule has 27 heavy (non-hydrogen) atoms. The van der Waals surface area contributed by atoms with Crippen LogP contribution in [-0.4, -0.2) is 44.0 Å². The minimum atomic E-state index is -0.160. The summed E-state index contributed by atoms with van der Waals surface area (Å²) in [6, 6.07) is 15.3. The van der Waals surface area contributed by atoms with Gasteiger partial charge in [0.2, 0.25) is 0 Å². The monoisotopic (exact) mass is 362 g/mol. The molecule has 0 saturated heterocycles. The van der Waals surface area contributed by atoms with Crippen molar-refractivity contribution in [1.29, 1.82) is 0 Å². The first-order valence-electron chi connectivity index (χ1n) is 8.85. The predicted octanol–water partition coefficient (Wildman–Crippen LogP) is 2.81. The summed E-state index contributed by atoms with van der Waals surface area (Å²) in [5.74, 6) is 0.295. The number of aromatic nitrogens is 3. The van der Waals surface area contributed by atoms with Crippen LogP contribution in [0.1, 0.15) is 22.8 Å². The van der Waals surface area contributed by atoms with E-state index in [2.05, 4.69) is 15.0 Å². The highest BCUT2D eigenvalue weighted by molar-refractivity contribution is 5.93. The average molecular weight is 362 g/mol. The smallest absolute Gasteiger partial charge is 0.257 e. The number of rotatable bonds is 7. The molecule has 0 saturated carbocycles. The third kappa shape index (κ3) is 4.95. The summed E-state index contributed by atoms with van der Waals surface area (Å²) in [5, 5.41) is 9.39. The van der Waals surface area contributed by atoms with E-state index in [4.69, 9.17) is 0 Å². The Morgan fingerprint density at radius 1 is 1.04 bits per heavy atom. The van der Waals surface area contributed by atoms with Crippen molar-refractivity contribution < 1.29 is 9.90 Å². The highest BCUT2D eigenvalue weighted by Gasteiger charge is 2.19. The summed E-state index contributed by atoms with van der Waals surface area (Å²) in [6.07, 6.45) is 4.73. The normalized spacial score (nSPS) is 11.8. The van der Waals surface area contributed by atoms with Crippen LogP contribution >= 0.6 is 0 Å². The van der Waals surface area contributed by atoms with E-state index >= 15 is 0 Å². The van der Waals surface area contributed by atoms with Crippen LogP contribution in [-0.2, 0) is 6.54 Å². The van der Waals surface area contributed by atoms with Crippen molar-refractivity contribution in [3.05, 3.63) is 78.2 Å². The van der Waals surface area contributed by atoms with Gasteiger partial charge in [-0.2, -0.15) is 0 Å². The van der Waals surface area contributed by atoms with Crippen molar-refractivity contribution in [3.63, 3.8) is 0 Å². The van der Waals surface area contributed by atoms with Crippen LogP contribution in [0.25, 0.3) is 11.5 Å². The predicted molar refractivity (Wildman–Crippen MR) is 103 cm³/mol. The molecule has 6 nitrogen and oxygen atoms in total. The van der Waals surface area contributed by atoms with Gasteiger partial charge in [0.25, 0.3) is 5.91 Å². The number of amides is 1. The third-order valence-electron chi connectivity index (χ3n) is 4.14. The maximum absolute atomic E-state index is 13.0. The summed E-state index contributed by atoms with van der Waals surface area (Å²) in [4.78, 5) is 27.5. The highest BCUT2D eigenvalue weighted by atomic mass is 16.3. The molecule has 2 aromatic heterocycles. The van der Waals surface area contributed by atoms with Crippen LogP contribution in [0.15, 0.2) is 67.1 Å². The molecule has 0 unspecified atom stereocenters. The zero-order valence-electron chi connectivity index (χ0n) is 15.2. The van der Waals surface area contributed by atoms with Crippen molar-refractivity contribution in [2.45, 2.75) is 13.5 Å². The number of carbonyl (C=O) groups excluding carboxylic acids is 1. The molecule has 6 heteroatoms. The molecule has 1 atom stereocenters. The maximum atomic E-state index is 13.0. The Hall–Kier alpha value is -3.12. The van der Waals surface area contributed by atoms with E-state index in [-0.39, 0.29) is 18.4 Å². The summed E-state index contributed by atoms with van der Waals surface area (Å²) in [5.41, 5.74) is 2.10. The number of carbonyl (C=O) groups is 1. The number of hydrogen-bond acceptors (Lipinski definition) is 5. The number of aliphatic hydroxyl groups is 1. The second kappa shape index (κ2) is 9.00. The average Bonchev–Trinajstić information content (AvgIpc) is 2.74. The first kappa shape index (κ1) is 18.7. The Morgan fingerprint density at radius 3 is 2.37 bits per heavy atom. The standard InChI is InChI=1S/C21H22N4O2/c1-16(15-26)13-25(14-17-7-3-2-4-8-17)21(27)18-11-23-20(24-12-18)19-9-5-6-10-22-19/h2-12,16,26H,13-15H2,1H3/t16-/m1/s1. The zero-order chi connectivity index (χ0) is 19.1. The Bertz CT molecular complexity index is 854. The van der Waals surface area contributed by atoms with Crippen LogP contribution in [0, 0.1) is 5.92 Å². The topological polar surface area (TPSA) is 79.2 Å². The molecule has 1 amide bonds. The van der Waals surface area contributed by atoms with Crippen molar-refractivity contribution in [2.75, 3.05) is 13.2 Å². The van der Waals surface area contributed by atoms with E-state index in [9.17, 15) is 9.90 Å². The van der Waals surface area contributed by atoms with Gasteiger partial charge >= 0.3 is 0 Å². The minimum absolute atomic E-state index is 0.0215. The molecule has 138 valence electrons. The van der Waals surface area contributed by atoms with Gasteiger partial charge in [0.1, 0.15) is 5.69 Å². The largest absolute Gasteiger partial charge is 0.396 e. The van der Waals surface area contributed by atoms with Gasteiger partial charge in [0, 0.05) is 38.3 Å². The Morgan fingerprint density at radius 2 is 1.74 bits per heavy atom. The number of aliphatic hydroxyl groups excluding tert-OH is 1. The first-order chi connectivity index (χ1) is 13.2. The molecule has 0 radical (unpaired) electrons. The Balaban J connectivity index is 1.80. The SMILES string of the molecule is C[C@@H](CO)CN(Cc1ccccc1)C(=O)c1cnc(-c2ccccn2)nc1. The molecule has 0 aliphatic rings. The number of hydrogen-bond donors (Lipinski definition) is 1. The van der Waals surface area contributed by atoms with Crippen molar-refractivity contribution in [2.24, 2.45) is 5.92 Å². The second-order valence-electron chi connectivity index (χ2n) is 6.47. The fourth-order valence-corrected chi connectivity index (χ4v) is 2.71. The molecule has 0 bridgehead atoms. The molecule has 0 fully saturated rings. The van der Waals surface area contributed by atoms with E-state index in [0.717, 1.165) is 5.56 Å². The molecule has 0 spiro atoms. The van der Waals surface area contributed by atoms with Gasteiger partial charge in [-0.3, -0.25) is 9.78 Å². The summed E-state index contributed by atoms with van der Waals surface area (Å²) in [6.45, 7) is 2.85. The number of pyridine rings is 1. The molecule has 0 aliphatic carbocycles. The van der Waals surface area contributed by atoms with Gasteiger partial charge in [0.05, 0.1) is 5.56 Å². The quantitative estimate of drug-likeness (QED) is 0.699. The molecule has 3 rings (SSSR count). The third-order valence-corrected chi connectivity index (χ3v) is 4.14. The first-order valence-corrected chi connectivity index (χ1v) is 8.85. The lowest BCUT2D eigenvalue weighted by molar-refractivity contribution is 0.0693. The number of benzene rings is 1. The molecule has 0 aliphatic heterocycles. The summed E-state index contributed by atoms with van der Waals surface area (Å²) >= 11 is 0. The Labute approximate surface area is 158 Å².